The molecule has 1 aliphatic carbocycles. The molecule has 0 spiro atoms. The van der Waals surface area contributed by atoms with Crippen molar-refractivity contribution in [2.24, 2.45) is 11.7 Å². The van der Waals surface area contributed by atoms with E-state index in [4.69, 9.17) is 5.73 Å². The Hall–Kier alpha value is -1.10. The molecule has 0 aromatic heterocycles. The minimum Gasteiger partial charge on any atom is -0.355 e. The van der Waals surface area contributed by atoms with E-state index in [1.807, 2.05) is 0 Å². The van der Waals surface area contributed by atoms with E-state index >= 15 is 0 Å². The first-order valence-electron chi connectivity index (χ1n) is 6.99. The average molecular weight is 253 g/mol. The van der Waals surface area contributed by atoms with E-state index in [1.54, 1.807) is 0 Å². The molecule has 4 N–H and O–H groups in total. The number of nitrogens with one attached hydrogen (secondary N) is 2. The van der Waals surface area contributed by atoms with Crippen molar-refractivity contribution >= 4 is 11.8 Å². The summed E-state index contributed by atoms with van der Waals surface area (Å²) in [5.41, 5.74) is 6.09. The van der Waals surface area contributed by atoms with Crippen molar-refractivity contribution in [3.63, 3.8) is 0 Å². The molecule has 1 saturated heterocycles. The van der Waals surface area contributed by atoms with Crippen molar-refractivity contribution in [1.29, 1.82) is 0 Å². The highest BCUT2D eigenvalue weighted by atomic mass is 16.2. The van der Waals surface area contributed by atoms with Crippen LogP contribution in [0.5, 0.6) is 0 Å². The lowest BCUT2D eigenvalue weighted by atomic mass is 9.96. The number of amides is 2. The second-order valence-corrected chi connectivity index (χ2v) is 5.46. The van der Waals surface area contributed by atoms with Gasteiger partial charge in [0.1, 0.15) is 0 Å². The summed E-state index contributed by atoms with van der Waals surface area (Å²) < 4.78 is 0. The average Bonchev–Trinajstić information content (AvgIpc) is 2.56. The van der Waals surface area contributed by atoms with Crippen LogP contribution in [0.25, 0.3) is 0 Å². The Morgan fingerprint density at radius 1 is 1.22 bits per heavy atom. The lowest BCUT2D eigenvalue weighted by molar-refractivity contribution is -0.129. The fraction of sp³-hybridized carbons (Fsp3) is 0.846. The fourth-order valence-corrected chi connectivity index (χ4v) is 2.77. The maximum absolute atomic E-state index is 12.1. The van der Waals surface area contributed by atoms with Crippen LogP contribution in [0.2, 0.25) is 0 Å². The molecule has 5 heteroatoms. The Kier molecular flexibility index (Phi) is 4.58. The SMILES string of the molecule is NC1CCCCCC1NC(=O)C1CCC(=O)NC1. The number of hydrogen-bond donors (Lipinski definition) is 3. The Labute approximate surface area is 108 Å². The van der Waals surface area contributed by atoms with Crippen molar-refractivity contribution in [1.82, 2.24) is 10.6 Å². The van der Waals surface area contributed by atoms with Gasteiger partial charge in [0, 0.05) is 25.0 Å². The predicted octanol–water partition coefficient (Wildman–Crippen LogP) is 0.289. The molecular formula is C13H23N3O2. The highest BCUT2D eigenvalue weighted by Gasteiger charge is 2.28. The zero-order valence-corrected chi connectivity index (χ0v) is 10.8. The smallest absolute Gasteiger partial charge is 0.225 e. The third-order valence-electron chi connectivity index (χ3n) is 4.03. The van der Waals surface area contributed by atoms with Gasteiger partial charge >= 0.3 is 0 Å². The van der Waals surface area contributed by atoms with Crippen LogP contribution in [0, 0.1) is 5.92 Å². The van der Waals surface area contributed by atoms with Crippen LogP contribution in [0.15, 0.2) is 0 Å². The van der Waals surface area contributed by atoms with E-state index in [9.17, 15) is 9.59 Å². The molecule has 5 nitrogen and oxygen atoms in total. The van der Waals surface area contributed by atoms with E-state index in [-0.39, 0.29) is 29.8 Å². The normalized spacial score (nSPS) is 33.4. The van der Waals surface area contributed by atoms with Crippen LogP contribution in [-0.4, -0.2) is 30.4 Å². The first kappa shape index (κ1) is 13.3. The number of nitrogens with two attached hydrogens (primary N) is 1. The monoisotopic (exact) mass is 253 g/mol. The van der Waals surface area contributed by atoms with Crippen molar-refractivity contribution in [2.75, 3.05) is 6.54 Å². The summed E-state index contributed by atoms with van der Waals surface area (Å²) in [5.74, 6) is 0.0146. The lowest BCUT2D eigenvalue weighted by Crippen LogP contribution is -2.51. The van der Waals surface area contributed by atoms with E-state index in [0.717, 1.165) is 25.7 Å². The molecule has 2 aliphatic rings. The van der Waals surface area contributed by atoms with Gasteiger partial charge in [0.25, 0.3) is 0 Å². The van der Waals surface area contributed by atoms with Gasteiger partial charge in [0.15, 0.2) is 0 Å². The highest BCUT2D eigenvalue weighted by molar-refractivity contribution is 5.83. The van der Waals surface area contributed by atoms with Gasteiger partial charge in [0.05, 0.1) is 5.92 Å². The van der Waals surface area contributed by atoms with Gasteiger partial charge < -0.3 is 16.4 Å². The fourth-order valence-electron chi connectivity index (χ4n) is 2.77. The van der Waals surface area contributed by atoms with Gasteiger partial charge in [-0.15, -0.1) is 0 Å². The van der Waals surface area contributed by atoms with E-state index in [2.05, 4.69) is 10.6 Å². The van der Waals surface area contributed by atoms with E-state index in [1.165, 1.54) is 6.42 Å². The Morgan fingerprint density at radius 2 is 2.00 bits per heavy atom. The minimum absolute atomic E-state index is 0.0465. The first-order valence-corrected chi connectivity index (χ1v) is 6.99. The third kappa shape index (κ3) is 3.45. The van der Waals surface area contributed by atoms with Crippen LogP contribution >= 0.6 is 0 Å². The zero-order valence-electron chi connectivity index (χ0n) is 10.8. The third-order valence-corrected chi connectivity index (χ3v) is 4.03. The summed E-state index contributed by atoms with van der Waals surface area (Å²) in [6.45, 7) is 0.465. The predicted molar refractivity (Wildman–Crippen MR) is 68.7 cm³/mol. The molecule has 0 aromatic rings. The maximum atomic E-state index is 12.1. The van der Waals surface area contributed by atoms with Gasteiger partial charge in [-0.25, -0.2) is 0 Å². The number of rotatable bonds is 2. The molecular weight excluding hydrogens is 230 g/mol. The second kappa shape index (κ2) is 6.18. The number of carbonyl (C=O) groups excluding carboxylic acids is 2. The maximum Gasteiger partial charge on any atom is 0.225 e. The van der Waals surface area contributed by atoms with Crippen LogP contribution in [0.4, 0.5) is 0 Å². The standard InChI is InChI=1S/C13H23N3O2/c14-10-4-2-1-3-5-11(10)16-13(18)9-6-7-12(17)15-8-9/h9-11H,1-8,14H2,(H,15,17)(H,16,18). The van der Waals surface area contributed by atoms with Crippen molar-refractivity contribution < 1.29 is 9.59 Å². The summed E-state index contributed by atoms with van der Waals surface area (Å²) in [6.07, 6.45) is 6.58. The molecule has 0 aromatic carbocycles. The molecule has 18 heavy (non-hydrogen) atoms. The summed E-state index contributed by atoms with van der Waals surface area (Å²) >= 11 is 0. The molecule has 3 unspecified atom stereocenters. The molecule has 2 fully saturated rings. The Balaban J connectivity index is 1.84. The van der Waals surface area contributed by atoms with Crippen molar-refractivity contribution in [3.05, 3.63) is 0 Å². The molecule has 0 radical (unpaired) electrons. The zero-order chi connectivity index (χ0) is 13.0. The topological polar surface area (TPSA) is 84.2 Å². The number of piperidine rings is 1. The van der Waals surface area contributed by atoms with Crippen LogP contribution < -0.4 is 16.4 Å². The van der Waals surface area contributed by atoms with Gasteiger partial charge in [0.2, 0.25) is 11.8 Å². The van der Waals surface area contributed by atoms with Crippen LogP contribution in [0.1, 0.15) is 44.9 Å². The largest absolute Gasteiger partial charge is 0.355 e. The van der Waals surface area contributed by atoms with E-state index < -0.39 is 0 Å². The Bertz CT molecular complexity index is 309. The highest BCUT2D eigenvalue weighted by Crippen LogP contribution is 2.18. The molecule has 102 valence electrons. The van der Waals surface area contributed by atoms with Gasteiger partial charge in [-0.3, -0.25) is 9.59 Å². The molecule has 2 amide bonds. The quantitative estimate of drug-likeness (QED) is 0.618. The van der Waals surface area contributed by atoms with E-state index in [0.29, 0.717) is 19.4 Å². The number of carbonyl (C=O) groups is 2. The molecule has 2 rings (SSSR count). The molecule has 3 atom stereocenters. The summed E-state index contributed by atoms with van der Waals surface area (Å²) in [6, 6.07) is 0.187. The van der Waals surface area contributed by atoms with Gasteiger partial charge in [-0.2, -0.15) is 0 Å². The molecule has 1 aliphatic heterocycles. The second-order valence-electron chi connectivity index (χ2n) is 5.46. The molecule has 1 saturated carbocycles. The van der Waals surface area contributed by atoms with Gasteiger partial charge in [-0.05, 0) is 19.3 Å². The van der Waals surface area contributed by atoms with Gasteiger partial charge in [-0.1, -0.05) is 19.3 Å². The number of hydrogen-bond acceptors (Lipinski definition) is 3. The summed E-state index contributed by atoms with van der Waals surface area (Å²) in [5, 5.41) is 5.82. The van der Waals surface area contributed by atoms with Crippen LogP contribution in [-0.2, 0) is 9.59 Å². The lowest BCUT2D eigenvalue weighted by Gasteiger charge is -2.27. The summed E-state index contributed by atoms with van der Waals surface area (Å²) in [7, 11) is 0. The van der Waals surface area contributed by atoms with Crippen molar-refractivity contribution in [2.45, 2.75) is 57.0 Å². The summed E-state index contributed by atoms with van der Waals surface area (Å²) in [4.78, 5) is 23.2. The first-order chi connectivity index (χ1) is 8.66. The molecule has 1 heterocycles. The van der Waals surface area contributed by atoms with Crippen LogP contribution in [0.3, 0.4) is 0 Å². The molecule has 0 bridgehead atoms. The minimum atomic E-state index is -0.0850. The van der Waals surface area contributed by atoms with Crippen molar-refractivity contribution in [3.8, 4) is 0 Å². The Morgan fingerprint density at radius 3 is 2.72 bits per heavy atom.